The molecule has 2 amide bonds. The highest BCUT2D eigenvalue weighted by Gasteiger charge is 2.13. The molecule has 2 aromatic carbocycles. The van der Waals surface area contributed by atoms with Crippen LogP contribution >= 0.6 is 0 Å². The van der Waals surface area contributed by atoms with Crippen LogP contribution in [0.15, 0.2) is 54.6 Å². The highest BCUT2D eigenvalue weighted by atomic mass is 16.2. The number of fused-ring (bicyclic) bond motifs is 1. The molecule has 0 bridgehead atoms. The predicted molar refractivity (Wildman–Crippen MR) is 98.9 cm³/mol. The van der Waals surface area contributed by atoms with E-state index in [4.69, 9.17) is 0 Å². The molecule has 0 fully saturated rings. The molecular formula is C20H19N3O2. The van der Waals surface area contributed by atoms with E-state index >= 15 is 0 Å². The van der Waals surface area contributed by atoms with Crippen LogP contribution in [0.3, 0.4) is 0 Å². The Morgan fingerprint density at radius 1 is 1.00 bits per heavy atom. The molecule has 5 nitrogen and oxygen atoms in total. The Kier molecular flexibility index (Phi) is 4.75. The highest BCUT2D eigenvalue weighted by Crippen LogP contribution is 2.20. The number of carbonyl (C=O) groups excluding carboxylic acids is 2. The molecule has 0 saturated carbocycles. The minimum atomic E-state index is -0.227. The van der Waals surface area contributed by atoms with Gasteiger partial charge in [0.05, 0.1) is 11.1 Å². The van der Waals surface area contributed by atoms with Gasteiger partial charge in [0.2, 0.25) is 0 Å². The molecule has 0 aliphatic carbocycles. The monoisotopic (exact) mass is 333 g/mol. The fraction of sp³-hybridized carbons (Fsp3) is 0.150. The second-order valence-corrected chi connectivity index (χ2v) is 5.72. The van der Waals surface area contributed by atoms with Crippen LogP contribution in [0.5, 0.6) is 0 Å². The first kappa shape index (κ1) is 16.6. The minimum absolute atomic E-state index is 0.163. The summed E-state index contributed by atoms with van der Waals surface area (Å²) in [7, 11) is 0. The van der Waals surface area contributed by atoms with Crippen molar-refractivity contribution in [3.63, 3.8) is 0 Å². The molecule has 0 aliphatic rings. The Balaban J connectivity index is 1.91. The van der Waals surface area contributed by atoms with Gasteiger partial charge in [-0.25, -0.2) is 0 Å². The van der Waals surface area contributed by atoms with Crippen molar-refractivity contribution in [2.75, 3.05) is 11.9 Å². The zero-order valence-corrected chi connectivity index (χ0v) is 14.2. The zero-order chi connectivity index (χ0) is 17.8. The highest BCUT2D eigenvalue weighted by molar-refractivity contribution is 6.12. The van der Waals surface area contributed by atoms with E-state index in [0.717, 1.165) is 16.6 Å². The molecule has 3 rings (SSSR count). The number of aryl methyl sites for hydroxylation is 1. The predicted octanol–water partition coefficient (Wildman–Crippen LogP) is 3.55. The Morgan fingerprint density at radius 2 is 1.80 bits per heavy atom. The van der Waals surface area contributed by atoms with E-state index in [2.05, 4.69) is 15.6 Å². The standard InChI is InChI=1S/C20H19N3O2/c1-3-21-19(24)14-7-6-8-15(12-14)23-20(25)17-11-13(2)22-18-10-5-4-9-16(17)18/h4-12H,3H2,1-2H3,(H,21,24)(H,23,25). The number of hydrogen-bond acceptors (Lipinski definition) is 3. The van der Waals surface area contributed by atoms with Crippen molar-refractivity contribution in [2.45, 2.75) is 13.8 Å². The third-order valence-electron chi connectivity index (χ3n) is 3.81. The van der Waals surface area contributed by atoms with Gasteiger partial charge < -0.3 is 10.6 Å². The number of hydrogen-bond donors (Lipinski definition) is 2. The molecule has 0 radical (unpaired) electrons. The second-order valence-electron chi connectivity index (χ2n) is 5.72. The van der Waals surface area contributed by atoms with E-state index < -0.39 is 0 Å². The Morgan fingerprint density at radius 3 is 2.60 bits per heavy atom. The van der Waals surface area contributed by atoms with Gasteiger partial charge in [-0.2, -0.15) is 0 Å². The average molecular weight is 333 g/mol. The van der Waals surface area contributed by atoms with Crippen molar-refractivity contribution in [1.82, 2.24) is 10.3 Å². The molecule has 126 valence electrons. The number of nitrogens with zero attached hydrogens (tertiary/aromatic N) is 1. The van der Waals surface area contributed by atoms with Gasteiger partial charge in [-0.15, -0.1) is 0 Å². The number of rotatable bonds is 4. The Labute approximate surface area is 146 Å². The summed E-state index contributed by atoms with van der Waals surface area (Å²) >= 11 is 0. The summed E-state index contributed by atoms with van der Waals surface area (Å²) in [6.45, 7) is 4.27. The van der Waals surface area contributed by atoms with Crippen LogP contribution in [-0.2, 0) is 0 Å². The number of para-hydroxylation sites is 1. The molecule has 0 saturated heterocycles. The van der Waals surface area contributed by atoms with Gasteiger partial charge in [-0.3, -0.25) is 14.6 Å². The lowest BCUT2D eigenvalue weighted by Crippen LogP contribution is -2.22. The lowest BCUT2D eigenvalue weighted by Gasteiger charge is -2.10. The summed E-state index contributed by atoms with van der Waals surface area (Å²) in [6.07, 6.45) is 0. The molecule has 2 N–H and O–H groups in total. The van der Waals surface area contributed by atoms with Crippen molar-refractivity contribution in [1.29, 1.82) is 0 Å². The first-order valence-corrected chi connectivity index (χ1v) is 8.14. The van der Waals surface area contributed by atoms with Crippen molar-refractivity contribution in [3.8, 4) is 0 Å². The lowest BCUT2D eigenvalue weighted by atomic mass is 10.1. The molecule has 25 heavy (non-hydrogen) atoms. The Hall–Kier alpha value is -3.21. The van der Waals surface area contributed by atoms with E-state index in [0.29, 0.717) is 23.4 Å². The van der Waals surface area contributed by atoms with Crippen LogP contribution < -0.4 is 10.6 Å². The van der Waals surface area contributed by atoms with Crippen LogP contribution in [-0.4, -0.2) is 23.3 Å². The summed E-state index contributed by atoms with van der Waals surface area (Å²) in [5.74, 6) is -0.390. The van der Waals surface area contributed by atoms with Crippen molar-refractivity contribution < 1.29 is 9.59 Å². The molecule has 0 unspecified atom stereocenters. The Bertz CT molecular complexity index is 951. The van der Waals surface area contributed by atoms with E-state index in [-0.39, 0.29) is 11.8 Å². The van der Waals surface area contributed by atoms with E-state index in [1.165, 1.54) is 0 Å². The lowest BCUT2D eigenvalue weighted by molar-refractivity contribution is 0.0954. The second kappa shape index (κ2) is 7.13. The number of benzene rings is 2. The maximum Gasteiger partial charge on any atom is 0.256 e. The number of pyridine rings is 1. The topological polar surface area (TPSA) is 71.1 Å². The molecule has 1 heterocycles. The fourth-order valence-electron chi connectivity index (χ4n) is 2.69. The smallest absolute Gasteiger partial charge is 0.256 e. The van der Waals surface area contributed by atoms with Gasteiger partial charge in [-0.05, 0) is 44.2 Å². The van der Waals surface area contributed by atoms with Crippen LogP contribution in [0, 0.1) is 6.92 Å². The first-order valence-electron chi connectivity index (χ1n) is 8.14. The van der Waals surface area contributed by atoms with Gasteiger partial charge in [0.15, 0.2) is 0 Å². The fourth-order valence-corrected chi connectivity index (χ4v) is 2.69. The maximum atomic E-state index is 12.7. The number of amides is 2. The minimum Gasteiger partial charge on any atom is -0.352 e. The number of carbonyl (C=O) groups is 2. The van der Waals surface area contributed by atoms with Crippen LogP contribution in [0.1, 0.15) is 33.3 Å². The largest absolute Gasteiger partial charge is 0.352 e. The summed E-state index contributed by atoms with van der Waals surface area (Å²) in [4.78, 5) is 29.1. The van der Waals surface area contributed by atoms with E-state index in [1.54, 1.807) is 30.3 Å². The normalized spacial score (nSPS) is 10.5. The number of aromatic nitrogens is 1. The number of anilines is 1. The van der Waals surface area contributed by atoms with Gasteiger partial charge >= 0.3 is 0 Å². The first-order chi connectivity index (χ1) is 12.1. The van der Waals surface area contributed by atoms with E-state index in [9.17, 15) is 9.59 Å². The molecule has 0 spiro atoms. The van der Waals surface area contributed by atoms with Gasteiger partial charge in [0, 0.05) is 28.9 Å². The maximum absolute atomic E-state index is 12.7. The summed E-state index contributed by atoms with van der Waals surface area (Å²) in [6, 6.07) is 16.2. The van der Waals surface area contributed by atoms with Gasteiger partial charge in [0.1, 0.15) is 0 Å². The van der Waals surface area contributed by atoms with Crippen molar-refractivity contribution in [2.24, 2.45) is 0 Å². The van der Waals surface area contributed by atoms with Crippen molar-refractivity contribution in [3.05, 3.63) is 71.4 Å². The average Bonchev–Trinajstić information content (AvgIpc) is 2.61. The zero-order valence-electron chi connectivity index (χ0n) is 14.2. The van der Waals surface area contributed by atoms with Crippen LogP contribution in [0.2, 0.25) is 0 Å². The van der Waals surface area contributed by atoms with Crippen LogP contribution in [0.4, 0.5) is 5.69 Å². The SMILES string of the molecule is CCNC(=O)c1cccc(NC(=O)c2cc(C)nc3ccccc23)c1. The van der Waals surface area contributed by atoms with Crippen molar-refractivity contribution >= 4 is 28.4 Å². The molecule has 3 aromatic rings. The third-order valence-corrected chi connectivity index (χ3v) is 3.81. The van der Waals surface area contributed by atoms with Gasteiger partial charge in [-0.1, -0.05) is 24.3 Å². The summed E-state index contributed by atoms with van der Waals surface area (Å²) in [5.41, 5.74) is 3.21. The third kappa shape index (κ3) is 3.66. The van der Waals surface area contributed by atoms with Gasteiger partial charge in [0.25, 0.3) is 11.8 Å². The molecule has 1 aromatic heterocycles. The quantitative estimate of drug-likeness (QED) is 0.767. The number of nitrogens with one attached hydrogen (secondary N) is 2. The molecule has 0 atom stereocenters. The summed E-state index contributed by atoms with van der Waals surface area (Å²) in [5, 5.41) is 6.41. The van der Waals surface area contributed by atoms with E-state index in [1.807, 2.05) is 38.1 Å². The molecule has 5 heteroatoms. The molecular weight excluding hydrogens is 314 g/mol. The molecule has 0 aliphatic heterocycles. The van der Waals surface area contributed by atoms with Crippen LogP contribution in [0.25, 0.3) is 10.9 Å². The summed E-state index contributed by atoms with van der Waals surface area (Å²) < 4.78 is 0.